The molecule has 1 N–H and O–H groups in total. The van der Waals surface area contributed by atoms with Gasteiger partial charge in [0.2, 0.25) is 0 Å². The highest BCUT2D eigenvalue weighted by atomic mass is 15.0. The molecule has 100 valence electrons. The summed E-state index contributed by atoms with van der Waals surface area (Å²) in [5.41, 5.74) is 0. The van der Waals surface area contributed by atoms with Gasteiger partial charge in [-0.05, 0) is 19.3 Å². The van der Waals surface area contributed by atoms with Crippen molar-refractivity contribution in [3.05, 3.63) is 0 Å². The Labute approximate surface area is 107 Å². The summed E-state index contributed by atoms with van der Waals surface area (Å²) in [6.45, 7) is 4.45. The third-order valence-corrected chi connectivity index (χ3v) is 3.48. The van der Waals surface area contributed by atoms with Crippen molar-refractivity contribution in [2.45, 2.75) is 77.6 Å². The fraction of sp³-hybridized carbons (Fsp3) is 0.933. The molecule has 0 aromatic rings. The molecule has 0 saturated heterocycles. The molecule has 1 aliphatic heterocycles. The van der Waals surface area contributed by atoms with Crippen molar-refractivity contribution in [1.82, 2.24) is 5.32 Å². The van der Waals surface area contributed by atoms with Crippen LogP contribution in [0.3, 0.4) is 0 Å². The molecule has 2 heteroatoms. The molecule has 0 fully saturated rings. The van der Waals surface area contributed by atoms with Gasteiger partial charge in [0.25, 0.3) is 0 Å². The zero-order chi connectivity index (χ0) is 12.2. The number of rotatable bonds is 9. The first-order chi connectivity index (χ1) is 8.43. The van der Waals surface area contributed by atoms with Crippen molar-refractivity contribution in [2.75, 3.05) is 13.1 Å². The average molecular weight is 238 g/mol. The highest BCUT2D eigenvalue weighted by Crippen LogP contribution is 2.08. The second-order valence-corrected chi connectivity index (χ2v) is 5.19. The molecule has 0 unspecified atom stereocenters. The van der Waals surface area contributed by atoms with Crippen molar-refractivity contribution in [3.63, 3.8) is 0 Å². The minimum atomic E-state index is 1.04. The van der Waals surface area contributed by atoms with Gasteiger partial charge in [-0.1, -0.05) is 51.9 Å². The fourth-order valence-electron chi connectivity index (χ4n) is 2.33. The maximum absolute atomic E-state index is 4.50. The maximum Gasteiger partial charge on any atom is 0.0963 e. The summed E-state index contributed by atoms with van der Waals surface area (Å²) in [5.74, 6) is 1.26. The number of hydrogen-bond acceptors (Lipinski definition) is 2. The van der Waals surface area contributed by atoms with Crippen LogP contribution in [0.25, 0.3) is 0 Å². The number of amidine groups is 1. The van der Waals surface area contributed by atoms with Crippen molar-refractivity contribution in [3.8, 4) is 0 Å². The standard InChI is InChI=1S/C15H30N2/c1-2-3-4-5-6-7-8-10-13-16-15-12-9-11-14-17-15/h2-14H2,1H3,(H,16,17). The van der Waals surface area contributed by atoms with Gasteiger partial charge in [0.05, 0.1) is 5.84 Å². The van der Waals surface area contributed by atoms with Crippen LogP contribution < -0.4 is 5.32 Å². The largest absolute Gasteiger partial charge is 0.374 e. The van der Waals surface area contributed by atoms with Gasteiger partial charge >= 0.3 is 0 Å². The first kappa shape index (κ1) is 14.5. The summed E-state index contributed by atoms with van der Waals surface area (Å²) in [4.78, 5) is 4.50. The Morgan fingerprint density at radius 2 is 1.65 bits per heavy atom. The van der Waals surface area contributed by atoms with Crippen LogP contribution in [0.1, 0.15) is 77.6 Å². The molecule has 0 aromatic carbocycles. The topological polar surface area (TPSA) is 24.4 Å². The van der Waals surface area contributed by atoms with Crippen molar-refractivity contribution in [1.29, 1.82) is 0 Å². The van der Waals surface area contributed by atoms with Gasteiger partial charge in [-0.25, -0.2) is 0 Å². The van der Waals surface area contributed by atoms with Gasteiger partial charge in [0.15, 0.2) is 0 Å². The van der Waals surface area contributed by atoms with Crippen LogP contribution in [0.15, 0.2) is 4.99 Å². The summed E-state index contributed by atoms with van der Waals surface area (Å²) >= 11 is 0. The molecule has 1 rings (SSSR count). The van der Waals surface area contributed by atoms with E-state index in [1.165, 1.54) is 76.5 Å². The summed E-state index contributed by atoms with van der Waals surface area (Å²) in [6.07, 6.45) is 15.0. The third kappa shape index (κ3) is 8.23. The van der Waals surface area contributed by atoms with E-state index in [2.05, 4.69) is 17.2 Å². The predicted molar refractivity (Wildman–Crippen MR) is 76.8 cm³/mol. The van der Waals surface area contributed by atoms with Gasteiger partial charge in [0, 0.05) is 19.5 Å². The van der Waals surface area contributed by atoms with Crippen molar-refractivity contribution in [2.24, 2.45) is 4.99 Å². The van der Waals surface area contributed by atoms with Gasteiger partial charge in [-0.3, -0.25) is 4.99 Å². The van der Waals surface area contributed by atoms with Crippen molar-refractivity contribution >= 4 is 5.84 Å². The van der Waals surface area contributed by atoms with E-state index < -0.39 is 0 Å². The minimum absolute atomic E-state index is 1.04. The summed E-state index contributed by atoms with van der Waals surface area (Å²) < 4.78 is 0. The first-order valence-corrected chi connectivity index (χ1v) is 7.70. The number of unbranched alkanes of at least 4 members (excludes halogenated alkanes) is 7. The Balaban J connectivity index is 1.79. The smallest absolute Gasteiger partial charge is 0.0963 e. The molecular formula is C15H30N2. The molecule has 1 heterocycles. The Morgan fingerprint density at radius 1 is 0.941 bits per heavy atom. The van der Waals surface area contributed by atoms with Gasteiger partial charge in [-0.2, -0.15) is 0 Å². The zero-order valence-corrected chi connectivity index (χ0v) is 11.6. The zero-order valence-electron chi connectivity index (χ0n) is 11.6. The highest BCUT2D eigenvalue weighted by molar-refractivity contribution is 5.82. The number of nitrogens with one attached hydrogen (secondary N) is 1. The van der Waals surface area contributed by atoms with Gasteiger partial charge in [0.1, 0.15) is 0 Å². The Bertz CT molecular complexity index is 199. The quantitative estimate of drug-likeness (QED) is 0.595. The van der Waals surface area contributed by atoms with Crippen LogP contribution in [0, 0.1) is 0 Å². The van der Waals surface area contributed by atoms with E-state index >= 15 is 0 Å². The number of aliphatic imine (C=N–C) groups is 1. The van der Waals surface area contributed by atoms with E-state index in [1.54, 1.807) is 0 Å². The van der Waals surface area contributed by atoms with Gasteiger partial charge < -0.3 is 5.32 Å². The molecule has 2 nitrogen and oxygen atoms in total. The SMILES string of the molecule is CCCCCCCCCCNC1=NCCCC1. The normalized spacial score (nSPS) is 15.7. The maximum atomic E-state index is 4.50. The van der Waals surface area contributed by atoms with E-state index in [0.29, 0.717) is 0 Å². The van der Waals surface area contributed by atoms with E-state index in [4.69, 9.17) is 0 Å². The molecule has 0 radical (unpaired) electrons. The third-order valence-electron chi connectivity index (χ3n) is 3.48. The molecule has 0 amide bonds. The predicted octanol–water partition coefficient (Wildman–Crippen LogP) is 4.30. The fourth-order valence-corrected chi connectivity index (χ4v) is 2.33. The summed E-state index contributed by atoms with van der Waals surface area (Å²) in [5, 5.41) is 3.48. The van der Waals surface area contributed by atoms with Gasteiger partial charge in [-0.15, -0.1) is 0 Å². The molecule has 0 saturated carbocycles. The Morgan fingerprint density at radius 3 is 2.29 bits per heavy atom. The summed E-state index contributed by atoms with van der Waals surface area (Å²) in [7, 11) is 0. The van der Waals surface area contributed by atoms with Crippen LogP contribution in [0.5, 0.6) is 0 Å². The van der Waals surface area contributed by atoms with Crippen LogP contribution in [-0.2, 0) is 0 Å². The lowest BCUT2D eigenvalue weighted by atomic mass is 10.1. The molecular weight excluding hydrogens is 208 g/mol. The molecule has 0 aromatic heterocycles. The molecule has 0 spiro atoms. The van der Waals surface area contributed by atoms with Crippen LogP contribution in [-0.4, -0.2) is 18.9 Å². The van der Waals surface area contributed by atoms with E-state index in [0.717, 1.165) is 13.1 Å². The molecule has 1 aliphatic rings. The highest BCUT2D eigenvalue weighted by Gasteiger charge is 2.03. The second kappa shape index (κ2) is 10.6. The first-order valence-electron chi connectivity index (χ1n) is 7.70. The molecule has 0 aliphatic carbocycles. The monoisotopic (exact) mass is 238 g/mol. The lowest BCUT2D eigenvalue weighted by Gasteiger charge is -2.13. The minimum Gasteiger partial charge on any atom is -0.374 e. The lowest BCUT2D eigenvalue weighted by molar-refractivity contribution is 0.571. The second-order valence-electron chi connectivity index (χ2n) is 5.19. The Hall–Kier alpha value is -0.530. The van der Waals surface area contributed by atoms with Crippen LogP contribution in [0.2, 0.25) is 0 Å². The molecule has 0 bridgehead atoms. The molecule has 17 heavy (non-hydrogen) atoms. The molecule has 0 atom stereocenters. The van der Waals surface area contributed by atoms with E-state index in [1.807, 2.05) is 0 Å². The Kier molecular flexibility index (Phi) is 9.07. The number of nitrogens with zero attached hydrogens (tertiary/aromatic N) is 1. The van der Waals surface area contributed by atoms with Crippen LogP contribution in [0.4, 0.5) is 0 Å². The van der Waals surface area contributed by atoms with Crippen LogP contribution >= 0.6 is 0 Å². The van der Waals surface area contributed by atoms with E-state index in [-0.39, 0.29) is 0 Å². The summed E-state index contributed by atoms with van der Waals surface area (Å²) in [6, 6.07) is 0. The lowest BCUT2D eigenvalue weighted by Crippen LogP contribution is -2.26. The average Bonchev–Trinajstić information content (AvgIpc) is 2.38. The van der Waals surface area contributed by atoms with E-state index in [9.17, 15) is 0 Å². The number of hydrogen-bond donors (Lipinski definition) is 1. The van der Waals surface area contributed by atoms with Crippen molar-refractivity contribution < 1.29 is 0 Å².